The summed E-state index contributed by atoms with van der Waals surface area (Å²) in [6.45, 7) is 5.13. The van der Waals surface area contributed by atoms with Crippen molar-refractivity contribution in [2.45, 2.75) is 26.8 Å². The fraction of sp³-hybridized carbons (Fsp3) is 0.294. The van der Waals surface area contributed by atoms with E-state index in [9.17, 15) is 14.7 Å². The van der Waals surface area contributed by atoms with Gasteiger partial charge in [0, 0.05) is 10.0 Å². The molecule has 1 aromatic heterocycles. The van der Waals surface area contributed by atoms with Crippen molar-refractivity contribution in [3.05, 3.63) is 50.3 Å². The molecule has 0 spiro atoms. The number of carbonyl (C=O) groups is 2. The molecule has 6 nitrogen and oxygen atoms in total. The normalized spacial score (nSPS) is 11.9. The number of rotatable bonds is 6. The summed E-state index contributed by atoms with van der Waals surface area (Å²) in [6, 6.07) is 3.82. The largest absolute Gasteiger partial charge is 0.479 e. The van der Waals surface area contributed by atoms with E-state index in [1.54, 1.807) is 39.0 Å². The highest BCUT2D eigenvalue weighted by molar-refractivity contribution is 9.10. The molecule has 0 radical (unpaired) electrons. The molecule has 1 aromatic carbocycles. The Hall–Kier alpha value is -1.99. The Morgan fingerprint density at radius 2 is 2.08 bits per heavy atom. The lowest BCUT2D eigenvalue weighted by Crippen LogP contribution is -2.21. The highest BCUT2D eigenvalue weighted by Crippen LogP contribution is 2.33. The van der Waals surface area contributed by atoms with Crippen molar-refractivity contribution < 1.29 is 23.8 Å². The van der Waals surface area contributed by atoms with Crippen LogP contribution in [0, 0.1) is 13.8 Å². The van der Waals surface area contributed by atoms with E-state index in [-0.39, 0.29) is 17.9 Å². The van der Waals surface area contributed by atoms with Gasteiger partial charge in [0.2, 0.25) is 0 Å². The predicted octanol–water partition coefficient (Wildman–Crippen LogP) is 4.73. The lowest BCUT2D eigenvalue weighted by Gasteiger charge is -2.16. The number of carboxylic acids is 1. The second-order valence-electron chi connectivity index (χ2n) is 5.28. The number of anilines is 1. The number of carboxylic acid groups (broad SMARTS) is 1. The van der Waals surface area contributed by atoms with Gasteiger partial charge in [-0.05, 0) is 39.0 Å². The Morgan fingerprint density at radius 1 is 1.40 bits per heavy atom. The van der Waals surface area contributed by atoms with Crippen LogP contribution in [-0.4, -0.2) is 23.7 Å². The summed E-state index contributed by atoms with van der Waals surface area (Å²) in [6.07, 6.45) is 0. The Kier molecular flexibility index (Phi) is 6.13. The van der Waals surface area contributed by atoms with E-state index < -0.39 is 18.0 Å². The second-order valence-corrected chi connectivity index (χ2v) is 6.61. The third-order valence-corrected chi connectivity index (χ3v) is 4.39. The summed E-state index contributed by atoms with van der Waals surface area (Å²) in [5.41, 5.74) is 1.10. The molecule has 0 amide bonds. The van der Waals surface area contributed by atoms with Crippen LogP contribution in [0.1, 0.15) is 40.4 Å². The van der Waals surface area contributed by atoms with Crippen molar-refractivity contribution >= 4 is 45.2 Å². The fourth-order valence-electron chi connectivity index (χ4n) is 2.46. The number of nitrogens with one attached hydrogen (secondary N) is 1. The van der Waals surface area contributed by atoms with Crippen LogP contribution in [0.5, 0.6) is 0 Å². The fourth-order valence-corrected chi connectivity index (χ4v) is 3.18. The number of esters is 1. The van der Waals surface area contributed by atoms with Crippen molar-refractivity contribution in [3.8, 4) is 0 Å². The second kappa shape index (κ2) is 7.93. The minimum Gasteiger partial charge on any atom is -0.479 e. The molecule has 0 aliphatic heterocycles. The number of ether oxygens (including phenoxy) is 1. The molecule has 8 heteroatoms. The third kappa shape index (κ3) is 4.16. The summed E-state index contributed by atoms with van der Waals surface area (Å²) in [4.78, 5) is 23.8. The first-order valence-electron chi connectivity index (χ1n) is 7.47. The minimum absolute atomic E-state index is 0.132. The van der Waals surface area contributed by atoms with Crippen LogP contribution in [0.3, 0.4) is 0 Å². The molecule has 0 saturated heterocycles. The molecule has 0 aliphatic carbocycles. The lowest BCUT2D eigenvalue weighted by molar-refractivity contribution is -0.138. The van der Waals surface area contributed by atoms with Gasteiger partial charge in [-0.2, -0.15) is 0 Å². The Bertz CT molecular complexity index is 818. The van der Waals surface area contributed by atoms with Crippen LogP contribution >= 0.6 is 27.5 Å². The molecule has 0 bridgehead atoms. The molecule has 2 aromatic rings. The van der Waals surface area contributed by atoms with Crippen LogP contribution in [-0.2, 0) is 9.53 Å². The average Bonchev–Trinajstić information content (AvgIpc) is 2.81. The number of aliphatic carboxylic acids is 1. The van der Waals surface area contributed by atoms with E-state index in [2.05, 4.69) is 21.2 Å². The first kappa shape index (κ1) is 19.3. The summed E-state index contributed by atoms with van der Waals surface area (Å²) in [7, 11) is 0. The van der Waals surface area contributed by atoms with Gasteiger partial charge < -0.3 is 19.6 Å². The zero-order chi connectivity index (χ0) is 18.7. The van der Waals surface area contributed by atoms with E-state index in [0.717, 1.165) is 4.47 Å². The highest BCUT2D eigenvalue weighted by Gasteiger charge is 2.31. The summed E-state index contributed by atoms with van der Waals surface area (Å²) in [5, 5.41) is 12.8. The van der Waals surface area contributed by atoms with Gasteiger partial charge in [-0.25, -0.2) is 9.59 Å². The Balaban J connectivity index is 2.43. The van der Waals surface area contributed by atoms with Crippen molar-refractivity contribution in [2.24, 2.45) is 0 Å². The third-order valence-electron chi connectivity index (χ3n) is 3.58. The molecule has 1 unspecified atom stereocenters. The number of hydrogen-bond acceptors (Lipinski definition) is 5. The van der Waals surface area contributed by atoms with Gasteiger partial charge in [-0.3, -0.25) is 0 Å². The Morgan fingerprint density at radius 3 is 2.64 bits per heavy atom. The summed E-state index contributed by atoms with van der Waals surface area (Å²) >= 11 is 9.44. The van der Waals surface area contributed by atoms with Gasteiger partial charge in [0.05, 0.1) is 17.3 Å². The molecule has 1 atom stereocenters. The first-order valence-corrected chi connectivity index (χ1v) is 8.64. The first-order chi connectivity index (χ1) is 11.8. The maximum Gasteiger partial charge on any atom is 0.341 e. The molecule has 0 fully saturated rings. The van der Waals surface area contributed by atoms with E-state index >= 15 is 0 Å². The van der Waals surface area contributed by atoms with Crippen LogP contribution in [0.2, 0.25) is 5.02 Å². The smallest absolute Gasteiger partial charge is 0.341 e. The number of aryl methyl sites for hydroxylation is 1. The lowest BCUT2D eigenvalue weighted by atomic mass is 10.1. The van der Waals surface area contributed by atoms with E-state index in [4.69, 9.17) is 20.8 Å². The topological polar surface area (TPSA) is 88.8 Å². The van der Waals surface area contributed by atoms with Crippen LogP contribution < -0.4 is 5.32 Å². The quantitative estimate of drug-likeness (QED) is 0.644. The Labute approximate surface area is 158 Å². The molecular weight excluding hydrogens is 414 g/mol. The number of benzene rings is 1. The maximum atomic E-state index is 12.1. The molecule has 25 heavy (non-hydrogen) atoms. The van der Waals surface area contributed by atoms with Gasteiger partial charge >= 0.3 is 11.9 Å². The van der Waals surface area contributed by atoms with Crippen molar-refractivity contribution in [3.63, 3.8) is 0 Å². The highest BCUT2D eigenvalue weighted by atomic mass is 79.9. The standard InChI is InChI=1S/C17H17BrClNO5/c1-4-24-17(23)13-8(2)15(25-9(13)3)14(16(21)22)20-12-6-5-10(18)7-11(12)19/h5-7,14,20H,4H2,1-3H3,(H,21,22). The van der Waals surface area contributed by atoms with Gasteiger partial charge in [0.25, 0.3) is 0 Å². The van der Waals surface area contributed by atoms with Crippen molar-refractivity contribution in [2.75, 3.05) is 11.9 Å². The number of furan rings is 1. The molecule has 1 heterocycles. The molecule has 134 valence electrons. The minimum atomic E-state index is -1.21. The molecule has 2 rings (SSSR count). The van der Waals surface area contributed by atoms with Gasteiger partial charge in [0.1, 0.15) is 17.1 Å². The summed E-state index contributed by atoms with van der Waals surface area (Å²) < 4.78 is 11.3. The van der Waals surface area contributed by atoms with Crippen molar-refractivity contribution in [1.29, 1.82) is 0 Å². The van der Waals surface area contributed by atoms with Crippen LogP contribution in [0.4, 0.5) is 5.69 Å². The van der Waals surface area contributed by atoms with Gasteiger partial charge in [-0.15, -0.1) is 0 Å². The predicted molar refractivity (Wildman–Crippen MR) is 97.3 cm³/mol. The maximum absolute atomic E-state index is 12.1. The average molecular weight is 431 g/mol. The number of carbonyl (C=O) groups excluding carboxylic acids is 1. The van der Waals surface area contributed by atoms with E-state index in [1.807, 2.05) is 0 Å². The zero-order valence-electron chi connectivity index (χ0n) is 13.9. The molecule has 2 N–H and O–H groups in total. The summed E-state index contributed by atoms with van der Waals surface area (Å²) in [5.74, 6) is -1.27. The van der Waals surface area contributed by atoms with Crippen molar-refractivity contribution in [1.82, 2.24) is 0 Å². The number of halogens is 2. The van der Waals surface area contributed by atoms with Crippen LogP contribution in [0.15, 0.2) is 27.1 Å². The van der Waals surface area contributed by atoms with E-state index in [1.165, 1.54) is 0 Å². The SMILES string of the molecule is CCOC(=O)c1c(C)oc(C(Nc2ccc(Br)cc2Cl)C(=O)O)c1C. The zero-order valence-corrected chi connectivity index (χ0v) is 16.2. The molecule has 0 saturated carbocycles. The monoisotopic (exact) mass is 429 g/mol. The molecular formula is C17H17BrClNO5. The van der Waals surface area contributed by atoms with Crippen LogP contribution in [0.25, 0.3) is 0 Å². The molecule has 0 aliphatic rings. The van der Waals surface area contributed by atoms with Gasteiger partial charge in [-0.1, -0.05) is 27.5 Å². The number of hydrogen-bond donors (Lipinski definition) is 2. The van der Waals surface area contributed by atoms with Gasteiger partial charge in [0.15, 0.2) is 6.04 Å². The van der Waals surface area contributed by atoms with E-state index in [0.29, 0.717) is 22.0 Å².